The second kappa shape index (κ2) is 7.25. The first kappa shape index (κ1) is 16.3. The molecular formula is C16H16BrClFNO. The first-order valence-corrected chi connectivity index (χ1v) is 7.67. The summed E-state index contributed by atoms with van der Waals surface area (Å²) in [6, 6.07) is 10.9. The van der Waals surface area contributed by atoms with Gasteiger partial charge < -0.3 is 10.1 Å². The topological polar surface area (TPSA) is 21.3 Å². The quantitative estimate of drug-likeness (QED) is 0.817. The average molecular weight is 373 g/mol. The zero-order valence-corrected chi connectivity index (χ0v) is 14.1. The van der Waals surface area contributed by atoms with E-state index in [4.69, 9.17) is 16.3 Å². The van der Waals surface area contributed by atoms with Crippen molar-refractivity contribution >= 4 is 27.5 Å². The summed E-state index contributed by atoms with van der Waals surface area (Å²) >= 11 is 9.32. The van der Waals surface area contributed by atoms with E-state index in [1.165, 1.54) is 6.07 Å². The molecule has 0 aliphatic rings. The molecule has 0 heterocycles. The zero-order valence-electron chi connectivity index (χ0n) is 11.8. The van der Waals surface area contributed by atoms with Gasteiger partial charge in [0.2, 0.25) is 0 Å². The zero-order chi connectivity index (χ0) is 15.4. The van der Waals surface area contributed by atoms with Gasteiger partial charge in [0.1, 0.15) is 11.6 Å². The molecule has 0 aliphatic carbocycles. The molecule has 112 valence electrons. The van der Waals surface area contributed by atoms with Gasteiger partial charge in [-0.15, -0.1) is 0 Å². The summed E-state index contributed by atoms with van der Waals surface area (Å²) in [7, 11) is 3.53. The number of ether oxygens (including phenoxy) is 1. The van der Waals surface area contributed by atoms with Crippen molar-refractivity contribution in [2.24, 2.45) is 0 Å². The highest BCUT2D eigenvalue weighted by molar-refractivity contribution is 9.10. The molecule has 2 aromatic rings. The van der Waals surface area contributed by atoms with Crippen LogP contribution >= 0.6 is 27.5 Å². The molecule has 0 saturated carbocycles. The Morgan fingerprint density at radius 2 is 2.05 bits per heavy atom. The highest BCUT2D eigenvalue weighted by Crippen LogP contribution is 2.29. The lowest BCUT2D eigenvalue weighted by Crippen LogP contribution is -2.19. The van der Waals surface area contributed by atoms with Gasteiger partial charge in [-0.2, -0.15) is 0 Å². The van der Waals surface area contributed by atoms with Crippen LogP contribution in [0.3, 0.4) is 0 Å². The maximum Gasteiger partial charge on any atom is 0.141 e. The van der Waals surface area contributed by atoms with Crippen LogP contribution in [0.25, 0.3) is 0 Å². The van der Waals surface area contributed by atoms with E-state index in [9.17, 15) is 4.39 Å². The Hall–Kier alpha value is -1.10. The molecular weight excluding hydrogens is 357 g/mol. The number of nitrogens with one attached hydrogen (secondary N) is 1. The third-order valence-electron chi connectivity index (χ3n) is 3.35. The minimum absolute atomic E-state index is 0.105. The van der Waals surface area contributed by atoms with Gasteiger partial charge in [0, 0.05) is 6.04 Å². The van der Waals surface area contributed by atoms with E-state index < -0.39 is 5.82 Å². The summed E-state index contributed by atoms with van der Waals surface area (Å²) < 4.78 is 19.3. The van der Waals surface area contributed by atoms with E-state index in [0.29, 0.717) is 0 Å². The highest BCUT2D eigenvalue weighted by atomic mass is 79.9. The number of hydrogen-bond acceptors (Lipinski definition) is 2. The first-order valence-electron chi connectivity index (χ1n) is 6.49. The van der Waals surface area contributed by atoms with Crippen molar-refractivity contribution in [3.8, 4) is 5.75 Å². The van der Waals surface area contributed by atoms with Gasteiger partial charge in [0.05, 0.1) is 16.6 Å². The van der Waals surface area contributed by atoms with E-state index in [1.54, 1.807) is 19.2 Å². The smallest absolute Gasteiger partial charge is 0.141 e. The summed E-state index contributed by atoms with van der Waals surface area (Å²) in [6.45, 7) is 0. The molecule has 2 rings (SSSR count). The van der Waals surface area contributed by atoms with Crippen LogP contribution < -0.4 is 10.1 Å². The SMILES string of the molecule is CNC(Cc1ccc(F)c(Cl)c1)c1ccc(OC)c(Br)c1. The van der Waals surface area contributed by atoms with Crippen LogP contribution in [-0.2, 0) is 6.42 Å². The van der Waals surface area contributed by atoms with Gasteiger partial charge in [0.25, 0.3) is 0 Å². The van der Waals surface area contributed by atoms with E-state index in [0.717, 1.165) is 27.8 Å². The Morgan fingerprint density at radius 1 is 1.29 bits per heavy atom. The Morgan fingerprint density at radius 3 is 2.62 bits per heavy atom. The summed E-state index contributed by atoms with van der Waals surface area (Å²) in [5, 5.41) is 3.42. The number of likely N-dealkylation sites (N-methyl/N-ethyl adjacent to an activating group) is 1. The predicted octanol–water partition coefficient (Wildman–Crippen LogP) is 4.75. The summed E-state index contributed by atoms with van der Waals surface area (Å²) in [5.74, 6) is 0.395. The van der Waals surface area contributed by atoms with Crippen molar-refractivity contribution in [2.75, 3.05) is 14.2 Å². The van der Waals surface area contributed by atoms with E-state index in [-0.39, 0.29) is 11.1 Å². The monoisotopic (exact) mass is 371 g/mol. The van der Waals surface area contributed by atoms with Crippen LogP contribution in [0.2, 0.25) is 5.02 Å². The van der Waals surface area contributed by atoms with Crippen LogP contribution in [-0.4, -0.2) is 14.2 Å². The van der Waals surface area contributed by atoms with Crippen LogP contribution in [0.1, 0.15) is 17.2 Å². The van der Waals surface area contributed by atoms with Crippen molar-refractivity contribution < 1.29 is 9.13 Å². The first-order chi connectivity index (χ1) is 10.0. The molecule has 0 aromatic heterocycles. The molecule has 0 fully saturated rings. The maximum absolute atomic E-state index is 13.2. The maximum atomic E-state index is 13.2. The Bertz CT molecular complexity index is 636. The number of halogens is 3. The van der Waals surface area contributed by atoms with Crippen LogP contribution in [0.4, 0.5) is 4.39 Å². The second-order valence-corrected chi connectivity index (χ2v) is 5.95. The molecule has 1 unspecified atom stereocenters. The van der Waals surface area contributed by atoms with E-state index >= 15 is 0 Å². The molecule has 0 radical (unpaired) electrons. The van der Waals surface area contributed by atoms with Crippen molar-refractivity contribution in [3.63, 3.8) is 0 Å². The number of benzene rings is 2. The third-order valence-corrected chi connectivity index (χ3v) is 4.26. The highest BCUT2D eigenvalue weighted by Gasteiger charge is 2.13. The standard InChI is InChI=1S/C16H16BrClFNO/c1-20-15(8-10-3-5-14(19)13(18)7-10)11-4-6-16(21-2)12(17)9-11/h3-7,9,15,20H,8H2,1-2H3. The lowest BCUT2D eigenvalue weighted by Gasteiger charge is -2.18. The normalized spacial score (nSPS) is 12.2. The molecule has 1 N–H and O–H groups in total. The minimum Gasteiger partial charge on any atom is -0.496 e. The Balaban J connectivity index is 2.23. The molecule has 0 amide bonds. The Labute approximate surface area is 137 Å². The molecule has 0 aliphatic heterocycles. The third kappa shape index (κ3) is 3.96. The minimum atomic E-state index is -0.395. The van der Waals surface area contributed by atoms with Crippen LogP contribution in [0, 0.1) is 5.82 Å². The summed E-state index contributed by atoms with van der Waals surface area (Å²) in [4.78, 5) is 0. The molecule has 5 heteroatoms. The predicted molar refractivity (Wildman–Crippen MR) is 87.6 cm³/mol. The van der Waals surface area contributed by atoms with Gasteiger partial charge in [0.15, 0.2) is 0 Å². The van der Waals surface area contributed by atoms with Gasteiger partial charge in [-0.1, -0.05) is 23.7 Å². The number of hydrogen-bond donors (Lipinski definition) is 1. The van der Waals surface area contributed by atoms with Crippen molar-refractivity contribution in [1.29, 1.82) is 0 Å². The lowest BCUT2D eigenvalue weighted by atomic mass is 9.99. The van der Waals surface area contributed by atoms with Crippen molar-refractivity contribution in [2.45, 2.75) is 12.5 Å². The molecule has 0 spiro atoms. The molecule has 0 saturated heterocycles. The number of rotatable bonds is 5. The van der Waals surface area contributed by atoms with E-state index in [2.05, 4.69) is 21.2 Å². The lowest BCUT2D eigenvalue weighted by molar-refractivity contribution is 0.411. The fraction of sp³-hybridized carbons (Fsp3) is 0.250. The number of methoxy groups -OCH3 is 1. The Kier molecular flexibility index (Phi) is 5.62. The van der Waals surface area contributed by atoms with E-state index in [1.807, 2.05) is 25.2 Å². The fourth-order valence-corrected chi connectivity index (χ4v) is 2.95. The summed E-state index contributed by atoms with van der Waals surface area (Å²) in [5.41, 5.74) is 2.10. The molecule has 2 nitrogen and oxygen atoms in total. The second-order valence-electron chi connectivity index (χ2n) is 4.69. The van der Waals surface area contributed by atoms with Gasteiger partial charge >= 0.3 is 0 Å². The molecule has 1 atom stereocenters. The molecule has 21 heavy (non-hydrogen) atoms. The van der Waals surface area contributed by atoms with Crippen molar-refractivity contribution in [1.82, 2.24) is 5.32 Å². The van der Waals surface area contributed by atoms with Gasteiger partial charge in [-0.05, 0) is 64.8 Å². The summed E-state index contributed by atoms with van der Waals surface area (Å²) in [6.07, 6.45) is 0.718. The molecule has 0 bridgehead atoms. The van der Waals surface area contributed by atoms with Crippen LogP contribution in [0.5, 0.6) is 5.75 Å². The van der Waals surface area contributed by atoms with Crippen molar-refractivity contribution in [3.05, 3.63) is 62.8 Å². The fourth-order valence-electron chi connectivity index (χ4n) is 2.19. The van der Waals surface area contributed by atoms with Gasteiger partial charge in [-0.25, -0.2) is 4.39 Å². The van der Waals surface area contributed by atoms with Gasteiger partial charge in [-0.3, -0.25) is 0 Å². The molecule has 2 aromatic carbocycles. The van der Waals surface area contributed by atoms with Crippen LogP contribution in [0.15, 0.2) is 40.9 Å². The average Bonchev–Trinajstić information content (AvgIpc) is 2.48. The largest absolute Gasteiger partial charge is 0.496 e.